The average Bonchev–Trinajstić information content (AvgIpc) is 3.60. The summed E-state index contributed by atoms with van der Waals surface area (Å²) < 4.78 is 7.23. The van der Waals surface area contributed by atoms with E-state index in [0.717, 1.165) is 40.2 Å². The number of aliphatic hydroxyl groups is 1. The minimum atomic E-state index is -0.569. The van der Waals surface area contributed by atoms with Crippen molar-refractivity contribution in [2.75, 3.05) is 20.3 Å². The Morgan fingerprint density at radius 1 is 1.21 bits per heavy atom. The SMILES string of the molecule is COCCn1cc(C(=O)NCc2ccc(Cl)cc2)c(=O)c2cc(CN3CCC[C@@H]3[C@@H](O)c3ccccc3)sc21. The quantitative estimate of drug-likeness (QED) is 0.283. The van der Waals surface area contributed by atoms with Crippen LogP contribution in [-0.4, -0.2) is 46.8 Å². The largest absolute Gasteiger partial charge is 0.387 e. The Hall–Kier alpha value is -3.01. The van der Waals surface area contributed by atoms with Gasteiger partial charge in [0.15, 0.2) is 0 Å². The van der Waals surface area contributed by atoms with Gasteiger partial charge in [-0.2, -0.15) is 0 Å². The highest BCUT2D eigenvalue weighted by molar-refractivity contribution is 7.18. The van der Waals surface area contributed by atoms with E-state index in [1.54, 1.807) is 36.8 Å². The number of pyridine rings is 1. The van der Waals surface area contributed by atoms with Crippen LogP contribution < -0.4 is 10.7 Å². The molecule has 0 aliphatic carbocycles. The monoisotopic (exact) mass is 565 g/mol. The molecule has 2 atom stereocenters. The molecule has 39 heavy (non-hydrogen) atoms. The predicted molar refractivity (Wildman–Crippen MR) is 155 cm³/mol. The smallest absolute Gasteiger partial charge is 0.257 e. The van der Waals surface area contributed by atoms with Crippen LogP contribution in [0.15, 0.2) is 71.7 Å². The number of rotatable bonds is 10. The number of carbonyl (C=O) groups is 1. The molecule has 0 radical (unpaired) electrons. The zero-order chi connectivity index (χ0) is 27.4. The van der Waals surface area contributed by atoms with Gasteiger partial charge in [-0.05, 0) is 48.7 Å². The molecule has 2 N–H and O–H groups in total. The van der Waals surface area contributed by atoms with Gasteiger partial charge < -0.3 is 19.7 Å². The Morgan fingerprint density at radius 2 is 1.97 bits per heavy atom. The Bertz CT molecular complexity index is 1490. The van der Waals surface area contributed by atoms with E-state index in [2.05, 4.69) is 10.2 Å². The summed E-state index contributed by atoms with van der Waals surface area (Å²) in [4.78, 5) is 30.7. The number of thiophene rings is 1. The molecule has 2 aromatic heterocycles. The van der Waals surface area contributed by atoms with E-state index in [0.29, 0.717) is 36.7 Å². The lowest BCUT2D eigenvalue weighted by atomic mass is 10.0. The highest BCUT2D eigenvalue weighted by Gasteiger charge is 2.32. The molecule has 2 aromatic carbocycles. The molecule has 1 aliphatic heterocycles. The summed E-state index contributed by atoms with van der Waals surface area (Å²) in [5.74, 6) is -0.415. The number of fused-ring (bicyclic) bond motifs is 1. The lowest BCUT2D eigenvalue weighted by Crippen LogP contribution is -2.33. The molecule has 0 bridgehead atoms. The summed E-state index contributed by atoms with van der Waals surface area (Å²) in [6, 6.07) is 18.9. The van der Waals surface area contributed by atoms with Crippen molar-refractivity contribution in [2.45, 2.75) is 44.6 Å². The van der Waals surface area contributed by atoms with Crippen molar-refractivity contribution in [3.63, 3.8) is 0 Å². The van der Waals surface area contributed by atoms with Crippen molar-refractivity contribution < 1.29 is 14.6 Å². The fourth-order valence-electron chi connectivity index (χ4n) is 5.18. The number of amides is 1. The maximum Gasteiger partial charge on any atom is 0.257 e. The fourth-order valence-corrected chi connectivity index (χ4v) is 6.48. The average molecular weight is 566 g/mol. The number of ether oxygens (including phenoxy) is 1. The van der Waals surface area contributed by atoms with E-state index in [1.165, 1.54) is 0 Å². The molecule has 1 aliphatic rings. The topological polar surface area (TPSA) is 83.8 Å². The molecule has 9 heteroatoms. The number of halogens is 1. The summed E-state index contributed by atoms with van der Waals surface area (Å²) in [6.45, 7) is 2.78. The van der Waals surface area contributed by atoms with Gasteiger partial charge in [-0.25, -0.2) is 0 Å². The molecule has 204 valence electrons. The summed E-state index contributed by atoms with van der Waals surface area (Å²) in [5, 5.41) is 15.1. The Kier molecular flexibility index (Phi) is 8.79. The Balaban J connectivity index is 1.40. The van der Waals surface area contributed by atoms with Crippen molar-refractivity contribution in [3.05, 3.63) is 104 Å². The zero-order valence-corrected chi connectivity index (χ0v) is 23.4. The first kappa shape index (κ1) is 27.6. The van der Waals surface area contributed by atoms with Gasteiger partial charge in [0.05, 0.1) is 18.1 Å². The lowest BCUT2D eigenvalue weighted by molar-refractivity contribution is 0.0693. The summed E-state index contributed by atoms with van der Waals surface area (Å²) in [5.41, 5.74) is 1.64. The number of nitrogens with zero attached hydrogens (tertiary/aromatic N) is 2. The Morgan fingerprint density at radius 3 is 2.72 bits per heavy atom. The van der Waals surface area contributed by atoms with Gasteiger partial charge in [0.25, 0.3) is 5.91 Å². The fraction of sp³-hybridized carbons (Fsp3) is 0.333. The third-order valence-corrected chi connectivity index (χ3v) is 8.63. The molecular weight excluding hydrogens is 534 g/mol. The van der Waals surface area contributed by atoms with E-state index in [1.807, 2.05) is 53.1 Å². The first-order chi connectivity index (χ1) is 18.9. The minimum Gasteiger partial charge on any atom is -0.387 e. The van der Waals surface area contributed by atoms with E-state index in [9.17, 15) is 14.7 Å². The normalized spacial score (nSPS) is 16.5. The number of likely N-dealkylation sites (tertiary alicyclic amines) is 1. The molecule has 3 heterocycles. The third kappa shape index (κ3) is 6.26. The van der Waals surface area contributed by atoms with Crippen LogP contribution in [0.2, 0.25) is 5.02 Å². The van der Waals surface area contributed by atoms with Crippen molar-refractivity contribution in [1.82, 2.24) is 14.8 Å². The second-order valence-electron chi connectivity index (χ2n) is 9.83. The Labute approximate surface area is 236 Å². The number of aliphatic hydroxyl groups excluding tert-OH is 1. The van der Waals surface area contributed by atoms with Crippen molar-refractivity contribution in [1.29, 1.82) is 0 Å². The molecular formula is C30H32ClN3O4S. The van der Waals surface area contributed by atoms with Crippen LogP contribution in [0.1, 0.15) is 45.3 Å². The van der Waals surface area contributed by atoms with Gasteiger partial charge in [-0.1, -0.05) is 54.1 Å². The maximum atomic E-state index is 13.5. The van der Waals surface area contributed by atoms with Crippen molar-refractivity contribution in [3.8, 4) is 0 Å². The first-order valence-electron chi connectivity index (χ1n) is 13.1. The minimum absolute atomic E-state index is 0.0131. The number of nitrogens with one attached hydrogen (secondary N) is 1. The summed E-state index contributed by atoms with van der Waals surface area (Å²) in [7, 11) is 1.63. The molecule has 0 spiro atoms. The van der Waals surface area contributed by atoms with Crippen LogP contribution in [0.5, 0.6) is 0 Å². The van der Waals surface area contributed by atoms with Crippen LogP contribution in [0.4, 0.5) is 0 Å². The van der Waals surface area contributed by atoms with E-state index in [4.69, 9.17) is 16.3 Å². The number of carbonyl (C=O) groups excluding carboxylic acids is 1. The highest BCUT2D eigenvalue weighted by Crippen LogP contribution is 2.33. The van der Waals surface area contributed by atoms with Gasteiger partial charge >= 0.3 is 0 Å². The number of aromatic nitrogens is 1. The van der Waals surface area contributed by atoms with Crippen LogP contribution in [0, 0.1) is 0 Å². The number of methoxy groups -OCH3 is 1. The van der Waals surface area contributed by atoms with E-state index >= 15 is 0 Å². The molecule has 4 aromatic rings. The maximum absolute atomic E-state index is 13.5. The molecule has 1 saturated heterocycles. The van der Waals surface area contributed by atoms with Crippen molar-refractivity contribution >= 4 is 39.1 Å². The van der Waals surface area contributed by atoms with Gasteiger partial charge in [-0.15, -0.1) is 11.3 Å². The summed E-state index contributed by atoms with van der Waals surface area (Å²) >= 11 is 7.51. The van der Waals surface area contributed by atoms with E-state index in [-0.39, 0.29) is 17.0 Å². The van der Waals surface area contributed by atoms with Crippen LogP contribution in [0.25, 0.3) is 10.2 Å². The van der Waals surface area contributed by atoms with Gasteiger partial charge in [0.1, 0.15) is 10.4 Å². The van der Waals surface area contributed by atoms with Crippen LogP contribution >= 0.6 is 22.9 Å². The van der Waals surface area contributed by atoms with Gasteiger partial charge in [-0.3, -0.25) is 14.5 Å². The standard InChI is InChI=1S/C30H32ClN3O4S/c1-38-15-14-34-19-25(29(37)32-17-20-9-11-22(31)12-10-20)28(36)24-16-23(39-30(24)34)18-33-13-5-8-26(33)27(35)21-6-3-2-4-7-21/h2-4,6-7,9-12,16,19,26-27,35H,5,8,13-15,17-18H2,1H3,(H,32,37)/t26-,27+/m1/s1. The predicted octanol–water partition coefficient (Wildman–Crippen LogP) is 4.99. The zero-order valence-electron chi connectivity index (χ0n) is 21.8. The third-order valence-electron chi connectivity index (χ3n) is 7.22. The molecule has 7 nitrogen and oxygen atoms in total. The summed E-state index contributed by atoms with van der Waals surface area (Å²) in [6.07, 6.45) is 3.00. The van der Waals surface area contributed by atoms with Crippen molar-refractivity contribution in [2.24, 2.45) is 0 Å². The molecule has 5 rings (SSSR count). The first-order valence-corrected chi connectivity index (χ1v) is 14.3. The van der Waals surface area contributed by atoms with Crippen LogP contribution in [-0.2, 0) is 24.4 Å². The number of benzene rings is 2. The highest BCUT2D eigenvalue weighted by atomic mass is 35.5. The van der Waals surface area contributed by atoms with Gasteiger partial charge in [0, 0.05) is 48.9 Å². The molecule has 1 fully saturated rings. The second kappa shape index (κ2) is 12.4. The second-order valence-corrected chi connectivity index (χ2v) is 11.4. The van der Waals surface area contributed by atoms with E-state index < -0.39 is 12.0 Å². The lowest BCUT2D eigenvalue weighted by Gasteiger charge is -2.28. The van der Waals surface area contributed by atoms with Gasteiger partial charge in [0.2, 0.25) is 5.43 Å². The molecule has 1 amide bonds. The molecule has 0 saturated carbocycles. The number of hydrogen-bond donors (Lipinski definition) is 2. The van der Waals surface area contributed by atoms with Crippen LogP contribution in [0.3, 0.4) is 0 Å². The number of hydrogen-bond acceptors (Lipinski definition) is 6. The molecule has 0 unspecified atom stereocenters.